The van der Waals surface area contributed by atoms with Crippen LogP contribution in [0.4, 0.5) is 4.39 Å². The Balaban J connectivity index is 2.26. The van der Waals surface area contributed by atoms with Crippen LogP contribution in [-0.2, 0) is 9.53 Å². The summed E-state index contributed by atoms with van der Waals surface area (Å²) < 4.78 is 22.9. The highest BCUT2D eigenvalue weighted by molar-refractivity contribution is 5.97. The first kappa shape index (κ1) is 16.4. The zero-order chi connectivity index (χ0) is 16.8. The fourth-order valence-electron chi connectivity index (χ4n) is 1.90. The lowest BCUT2D eigenvalue weighted by Crippen LogP contribution is -2.31. The number of ether oxygens (including phenoxy) is 2. The number of halogens is 1. The molecule has 0 saturated heterocycles. The van der Waals surface area contributed by atoms with Crippen molar-refractivity contribution in [1.82, 2.24) is 10.3 Å². The molecule has 0 aliphatic heterocycles. The number of nitrogens with zero attached hydrogens (tertiary/aromatic N) is 1. The lowest BCUT2D eigenvalue weighted by molar-refractivity contribution is -0.139. The molecule has 1 aromatic carbocycles. The maximum absolute atomic E-state index is 13.3. The van der Waals surface area contributed by atoms with Crippen LogP contribution in [0.2, 0.25) is 0 Å². The quantitative estimate of drug-likeness (QED) is 0.851. The maximum Gasteiger partial charge on any atom is 0.325 e. The first-order valence-corrected chi connectivity index (χ1v) is 6.70. The topological polar surface area (TPSA) is 77.5 Å². The van der Waals surface area contributed by atoms with E-state index < -0.39 is 11.9 Å². The number of pyridine rings is 1. The van der Waals surface area contributed by atoms with E-state index in [0.717, 1.165) is 0 Å². The minimum atomic E-state index is -0.575. The molecule has 1 heterocycles. The van der Waals surface area contributed by atoms with Crippen molar-refractivity contribution in [3.8, 4) is 16.9 Å². The van der Waals surface area contributed by atoms with Gasteiger partial charge in [-0.15, -0.1) is 0 Å². The first-order valence-electron chi connectivity index (χ1n) is 6.70. The summed E-state index contributed by atoms with van der Waals surface area (Å²) in [4.78, 5) is 27.1. The second kappa shape index (κ2) is 7.35. The van der Waals surface area contributed by atoms with E-state index in [-0.39, 0.29) is 23.8 Å². The highest BCUT2D eigenvalue weighted by Gasteiger charge is 2.16. The van der Waals surface area contributed by atoms with Crippen molar-refractivity contribution in [2.24, 2.45) is 0 Å². The van der Waals surface area contributed by atoms with Crippen LogP contribution >= 0.6 is 0 Å². The molecule has 1 N–H and O–H groups in total. The number of rotatable bonds is 5. The van der Waals surface area contributed by atoms with Crippen LogP contribution in [0, 0.1) is 5.82 Å². The molecule has 0 bridgehead atoms. The molecule has 0 radical (unpaired) electrons. The zero-order valence-electron chi connectivity index (χ0n) is 12.6. The molecule has 0 saturated carbocycles. The van der Waals surface area contributed by atoms with E-state index in [1.165, 1.54) is 32.5 Å². The van der Waals surface area contributed by atoms with Gasteiger partial charge in [0.25, 0.3) is 5.91 Å². The molecule has 23 heavy (non-hydrogen) atoms. The number of carbonyl (C=O) groups is 2. The summed E-state index contributed by atoms with van der Waals surface area (Å²) in [6, 6.07) is 7.57. The smallest absolute Gasteiger partial charge is 0.325 e. The summed E-state index contributed by atoms with van der Waals surface area (Å²) in [5.41, 5.74) is 1.24. The van der Waals surface area contributed by atoms with E-state index in [2.05, 4.69) is 15.0 Å². The fourth-order valence-corrected chi connectivity index (χ4v) is 1.90. The van der Waals surface area contributed by atoms with Gasteiger partial charge in [0.15, 0.2) is 11.4 Å². The van der Waals surface area contributed by atoms with Crippen LogP contribution in [0.15, 0.2) is 36.5 Å². The fraction of sp³-hybridized carbons (Fsp3) is 0.188. The average Bonchev–Trinajstić information content (AvgIpc) is 2.58. The van der Waals surface area contributed by atoms with Crippen LogP contribution in [0.5, 0.6) is 5.75 Å². The van der Waals surface area contributed by atoms with Gasteiger partial charge in [-0.1, -0.05) is 12.1 Å². The summed E-state index contributed by atoms with van der Waals surface area (Å²) in [7, 11) is 2.62. The molecule has 0 aliphatic carbocycles. The number of nitrogens with one attached hydrogen (secondary N) is 1. The number of aromatic nitrogens is 1. The van der Waals surface area contributed by atoms with Crippen molar-refractivity contribution in [3.05, 3.63) is 48.0 Å². The Morgan fingerprint density at radius 1 is 1.22 bits per heavy atom. The van der Waals surface area contributed by atoms with Gasteiger partial charge in [0.1, 0.15) is 12.4 Å². The molecule has 6 nitrogen and oxygen atoms in total. The second-order valence-electron chi connectivity index (χ2n) is 4.54. The molecule has 7 heteroatoms. The van der Waals surface area contributed by atoms with Gasteiger partial charge in [0.05, 0.1) is 14.2 Å². The number of esters is 1. The van der Waals surface area contributed by atoms with Gasteiger partial charge in [-0.05, 0) is 23.8 Å². The Kier molecular flexibility index (Phi) is 5.24. The number of amides is 1. The number of hydrogen-bond acceptors (Lipinski definition) is 5. The lowest BCUT2D eigenvalue weighted by atomic mass is 10.1. The first-order chi connectivity index (χ1) is 11.0. The number of hydrogen-bond donors (Lipinski definition) is 1. The Labute approximate surface area is 132 Å². The van der Waals surface area contributed by atoms with Crippen molar-refractivity contribution in [1.29, 1.82) is 0 Å². The Morgan fingerprint density at radius 2 is 2.00 bits per heavy atom. The van der Waals surface area contributed by atoms with E-state index in [1.54, 1.807) is 18.2 Å². The molecule has 0 aliphatic rings. The third-order valence-corrected chi connectivity index (χ3v) is 3.07. The standard InChI is InChI=1S/C16H15FN2O4/c1-22-13-7-11(10-4-3-5-12(17)6-10)8-18-15(13)16(21)19-9-14(20)23-2/h3-8H,9H2,1-2H3,(H,19,21). The number of benzene rings is 1. The minimum Gasteiger partial charge on any atom is -0.494 e. The molecular formula is C16H15FN2O4. The zero-order valence-corrected chi connectivity index (χ0v) is 12.6. The summed E-state index contributed by atoms with van der Waals surface area (Å²) in [5, 5.41) is 2.38. The average molecular weight is 318 g/mol. The Bertz CT molecular complexity index is 734. The van der Waals surface area contributed by atoms with Gasteiger partial charge in [-0.3, -0.25) is 9.59 Å². The van der Waals surface area contributed by atoms with Gasteiger partial charge >= 0.3 is 5.97 Å². The largest absolute Gasteiger partial charge is 0.494 e. The predicted octanol–water partition coefficient (Wildman–Crippen LogP) is 1.80. The van der Waals surface area contributed by atoms with Crippen molar-refractivity contribution < 1.29 is 23.5 Å². The number of carbonyl (C=O) groups excluding carboxylic acids is 2. The van der Waals surface area contributed by atoms with Crippen LogP contribution in [-0.4, -0.2) is 37.6 Å². The third-order valence-electron chi connectivity index (χ3n) is 3.07. The lowest BCUT2D eigenvalue weighted by Gasteiger charge is -2.10. The van der Waals surface area contributed by atoms with Gasteiger partial charge in [-0.2, -0.15) is 0 Å². The van der Waals surface area contributed by atoms with Gasteiger partial charge < -0.3 is 14.8 Å². The molecule has 0 atom stereocenters. The molecular weight excluding hydrogens is 303 g/mol. The van der Waals surface area contributed by atoms with Crippen LogP contribution < -0.4 is 10.1 Å². The van der Waals surface area contributed by atoms with E-state index in [0.29, 0.717) is 11.1 Å². The third kappa shape index (κ3) is 4.03. The highest BCUT2D eigenvalue weighted by Crippen LogP contribution is 2.25. The molecule has 0 spiro atoms. The Hall–Kier alpha value is -2.96. The van der Waals surface area contributed by atoms with Gasteiger partial charge in [-0.25, -0.2) is 9.37 Å². The summed E-state index contributed by atoms with van der Waals surface area (Å²) >= 11 is 0. The van der Waals surface area contributed by atoms with E-state index in [9.17, 15) is 14.0 Å². The maximum atomic E-state index is 13.3. The van der Waals surface area contributed by atoms with E-state index >= 15 is 0 Å². The summed E-state index contributed by atoms with van der Waals surface area (Å²) in [5.74, 6) is -1.30. The molecule has 2 rings (SSSR count). The minimum absolute atomic E-state index is 0.0246. The van der Waals surface area contributed by atoms with Gasteiger partial charge in [0.2, 0.25) is 0 Å². The van der Waals surface area contributed by atoms with Crippen LogP contribution in [0.25, 0.3) is 11.1 Å². The molecule has 0 fully saturated rings. The molecule has 1 amide bonds. The molecule has 2 aromatic rings. The summed E-state index contributed by atoms with van der Waals surface area (Å²) in [6.07, 6.45) is 1.43. The predicted molar refractivity (Wildman–Crippen MR) is 80.5 cm³/mol. The monoisotopic (exact) mass is 318 g/mol. The molecule has 1 aromatic heterocycles. The normalized spacial score (nSPS) is 10.0. The van der Waals surface area contributed by atoms with E-state index in [4.69, 9.17) is 4.74 Å². The number of methoxy groups -OCH3 is 2. The second-order valence-corrected chi connectivity index (χ2v) is 4.54. The van der Waals surface area contributed by atoms with Crippen LogP contribution in [0.3, 0.4) is 0 Å². The van der Waals surface area contributed by atoms with Crippen molar-refractivity contribution in [2.75, 3.05) is 20.8 Å². The van der Waals surface area contributed by atoms with E-state index in [1.807, 2.05) is 0 Å². The van der Waals surface area contributed by atoms with Gasteiger partial charge in [0, 0.05) is 11.8 Å². The Morgan fingerprint density at radius 3 is 2.65 bits per heavy atom. The van der Waals surface area contributed by atoms with Crippen LogP contribution in [0.1, 0.15) is 10.5 Å². The SMILES string of the molecule is COC(=O)CNC(=O)c1ncc(-c2cccc(F)c2)cc1OC. The summed E-state index contributed by atoms with van der Waals surface area (Å²) in [6.45, 7) is -0.272. The molecule has 0 unspecified atom stereocenters. The van der Waals surface area contributed by atoms with Crippen molar-refractivity contribution in [3.63, 3.8) is 0 Å². The molecule has 120 valence electrons. The van der Waals surface area contributed by atoms with Crippen molar-refractivity contribution in [2.45, 2.75) is 0 Å². The highest BCUT2D eigenvalue weighted by atomic mass is 19.1. The van der Waals surface area contributed by atoms with Crippen molar-refractivity contribution >= 4 is 11.9 Å².